The molecule has 0 spiro atoms. The fourth-order valence-electron chi connectivity index (χ4n) is 4.30. The fourth-order valence-corrected chi connectivity index (χ4v) is 4.30. The molecule has 0 aliphatic carbocycles. The van der Waals surface area contributed by atoms with Crippen molar-refractivity contribution in [2.24, 2.45) is 0 Å². The Hall–Kier alpha value is -2.53. The van der Waals surface area contributed by atoms with Gasteiger partial charge in [-0.3, -0.25) is 9.69 Å². The molecular formula is C23H29N3O2. The third-order valence-corrected chi connectivity index (χ3v) is 6.03. The summed E-state index contributed by atoms with van der Waals surface area (Å²) in [5.41, 5.74) is 3.60. The molecule has 148 valence electrons. The van der Waals surface area contributed by atoms with E-state index in [9.17, 15) is 4.79 Å². The van der Waals surface area contributed by atoms with Crippen LogP contribution in [0.25, 0.3) is 0 Å². The van der Waals surface area contributed by atoms with Crippen LogP contribution in [0.2, 0.25) is 0 Å². The molecule has 0 bridgehead atoms. The van der Waals surface area contributed by atoms with Gasteiger partial charge in [0.25, 0.3) is 0 Å². The van der Waals surface area contributed by atoms with E-state index in [4.69, 9.17) is 4.74 Å². The number of piperazine rings is 1. The Morgan fingerprint density at radius 2 is 1.68 bits per heavy atom. The van der Waals surface area contributed by atoms with E-state index in [2.05, 4.69) is 47.1 Å². The first kappa shape index (κ1) is 18.8. The van der Waals surface area contributed by atoms with Crippen molar-refractivity contribution in [2.75, 3.05) is 49.6 Å². The molecule has 28 heavy (non-hydrogen) atoms. The molecule has 0 aromatic heterocycles. The smallest absolute Gasteiger partial charge is 0.244 e. The molecule has 2 aliphatic heterocycles. The normalized spacial score (nSPS) is 18.5. The maximum absolute atomic E-state index is 13.2. The average molecular weight is 380 g/mol. The molecule has 1 fully saturated rings. The van der Waals surface area contributed by atoms with Gasteiger partial charge in [0, 0.05) is 44.1 Å². The van der Waals surface area contributed by atoms with Crippen molar-refractivity contribution in [3.8, 4) is 5.75 Å². The van der Waals surface area contributed by atoms with Gasteiger partial charge in [-0.15, -0.1) is 0 Å². The third kappa shape index (κ3) is 3.72. The Balaban J connectivity index is 1.38. The zero-order valence-electron chi connectivity index (χ0n) is 16.8. The number of nitrogens with zero attached hydrogens (tertiary/aromatic N) is 3. The van der Waals surface area contributed by atoms with Crippen LogP contribution in [-0.4, -0.2) is 56.7 Å². The lowest BCUT2D eigenvalue weighted by Crippen LogP contribution is -2.55. The number of anilines is 2. The number of methoxy groups -OCH3 is 1. The van der Waals surface area contributed by atoms with Crippen molar-refractivity contribution >= 4 is 17.3 Å². The van der Waals surface area contributed by atoms with Crippen LogP contribution in [0.3, 0.4) is 0 Å². The highest BCUT2D eigenvalue weighted by Gasteiger charge is 2.31. The number of benzene rings is 2. The summed E-state index contributed by atoms with van der Waals surface area (Å²) in [5.74, 6) is 1.11. The number of rotatable bonds is 4. The molecule has 0 radical (unpaired) electrons. The standard InChI is InChI=1S/C23H29N3O2/c1-18(23(27)26-13-5-7-19-6-3-4-8-22(19)26)24-14-16-25(17-15-24)20-9-11-21(28-2)12-10-20/h3-4,6,8-12,18H,5,7,13-17H2,1-2H3. The first-order valence-electron chi connectivity index (χ1n) is 10.2. The highest BCUT2D eigenvalue weighted by Crippen LogP contribution is 2.28. The van der Waals surface area contributed by atoms with Crippen LogP contribution in [-0.2, 0) is 11.2 Å². The first-order valence-corrected chi connectivity index (χ1v) is 10.2. The quantitative estimate of drug-likeness (QED) is 0.817. The summed E-state index contributed by atoms with van der Waals surface area (Å²) in [6.45, 7) is 6.54. The van der Waals surface area contributed by atoms with Crippen LogP contribution in [0.1, 0.15) is 18.9 Å². The van der Waals surface area contributed by atoms with Gasteiger partial charge in [0.05, 0.1) is 13.2 Å². The van der Waals surface area contributed by atoms with Crippen LogP contribution < -0.4 is 14.5 Å². The van der Waals surface area contributed by atoms with E-state index in [0.29, 0.717) is 0 Å². The number of amides is 1. The zero-order chi connectivity index (χ0) is 19.5. The van der Waals surface area contributed by atoms with E-state index in [-0.39, 0.29) is 11.9 Å². The van der Waals surface area contributed by atoms with Crippen molar-refractivity contribution in [1.29, 1.82) is 0 Å². The Kier molecular flexibility index (Phi) is 5.53. The van der Waals surface area contributed by atoms with Gasteiger partial charge in [0.2, 0.25) is 5.91 Å². The van der Waals surface area contributed by atoms with Gasteiger partial charge in [-0.2, -0.15) is 0 Å². The predicted octanol–water partition coefficient (Wildman–Crippen LogP) is 3.19. The Morgan fingerprint density at radius 1 is 0.964 bits per heavy atom. The summed E-state index contributed by atoms with van der Waals surface area (Å²) in [5, 5.41) is 0. The number of hydrogen-bond donors (Lipinski definition) is 0. The molecule has 2 aliphatic rings. The average Bonchev–Trinajstić information content (AvgIpc) is 2.78. The highest BCUT2D eigenvalue weighted by molar-refractivity contribution is 5.98. The summed E-state index contributed by atoms with van der Waals surface area (Å²) in [6, 6.07) is 16.4. The minimum Gasteiger partial charge on any atom is -0.497 e. The van der Waals surface area contributed by atoms with E-state index in [1.54, 1.807) is 7.11 Å². The number of carbonyl (C=O) groups excluding carboxylic acids is 1. The monoisotopic (exact) mass is 379 g/mol. The van der Waals surface area contributed by atoms with Crippen molar-refractivity contribution in [1.82, 2.24) is 4.90 Å². The molecule has 5 nitrogen and oxygen atoms in total. The largest absolute Gasteiger partial charge is 0.497 e. The van der Waals surface area contributed by atoms with Gasteiger partial charge in [0.15, 0.2) is 0 Å². The van der Waals surface area contributed by atoms with Gasteiger partial charge in [0.1, 0.15) is 5.75 Å². The molecule has 5 heteroatoms. The van der Waals surface area contributed by atoms with Gasteiger partial charge in [-0.25, -0.2) is 0 Å². The molecule has 1 saturated heterocycles. The second-order valence-corrected chi connectivity index (χ2v) is 7.62. The summed E-state index contributed by atoms with van der Waals surface area (Å²) < 4.78 is 5.25. The molecule has 2 aromatic rings. The van der Waals surface area contributed by atoms with Crippen molar-refractivity contribution < 1.29 is 9.53 Å². The molecule has 1 atom stereocenters. The SMILES string of the molecule is COc1ccc(N2CCN(C(C)C(=O)N3CCCc4ccccc43)CC2)cc1. The van der Waals surface area contributed by atoms with E-state index in [0.717, 1.165) is 57.0 Å². The molecule has 1 unspecified atom stereocenters. The molecule has 0 N–H and O–H groups in total. The van der Waals surface area contributed by atoms with E-state index in [1.165, 1.54) is 11.3 Å². The van der Waals surface area contributed by atoms with Crippen molar-refractivity contribution in [2.45, 2.75) is 25.8 Å². The molecule has 4 rings (SSSR count). The molecule has 0 saturated carbocycles. The van der Waals surface area contributed by atoms with Crippen LogP contribution >= 0.6 is 0 Å². The summed E-state index contributed by atoms with van der Waals surface area (Å²) in [4.78, 5) is 19.9. The van der Waals surface area contributed by atoms with Gasteiger partial charge in [-0.1, -0.05) is 18.2 Å². The van der Waals surface area contributed by atoms with Crippen LogP contribution in [0.5, 0.6) is 5.75 Å². The van der Waals surface area contributed by atoms with Gasteiger partial charge < -0.3 is 14.5 Å². The fraction of sp³-hybridized carbons (Fsp3) is 0.435. The molecule has 2 heterocycles. The number of ether oxygens (including phenoxy) is 1. The summed E-state index contributed by atoms with van der Waals surface area (Å²) in [7, 11) is 1.69. The lowest BCUT2D eigenvalue weighted by Gasteiger charge is -2.40. The Labute approximate surface area is 167 Å². The second-order valence-electron chi connectivity index (χ2n) is 7.62. The summed E-state index contributed by atoms with van der Waals surface area (Å²) >= 11 is 0. The second kappa shape index (κ2) is 8.23. The van der Waals surface area contributed by atoms with Gasteiger partial charge >= 0.3 is 0 Å². The third-order valence-electron chi connectivity index (χ3n) is 6.03. The van der Waals surface area contributed by atoms with E-state index < -0.39 is 0 Å². The molecule has 1 amide bonds. The maximum atomic E-state index is 13.2. The van der Waals surface area contributed by atoms with Crippen LogP contribution in [0, 0.1) is 0 Å². The number of hydrogen-bond acceptors (Lipinski definition) is 4. The predicted molar refractivity (Wildman–Crippen MR) is 113 cm³/mol. The number of carbonyl (C=O) groups is 1. The lowest BCUT2D eigenvalue weighted by molar-refractivity contribution is -0.123. The topological polar surface area (TPSA) is 36.0 Å². The van der Waals surface area contributed by atoms with Crippen LogP contribution in [0.15, 0.2) is 48.5 Å². The van der Waals surface area contributed by atoms with E-state index >= 15 is 0 Å². The van der Waals surface area contributed by atoms with Crippen molar-refractivity contribution in [3.63, 3.8) is 0 Å². The minimum absolute atomic E-state index is 0.0934. The number of fused-ring (bicyclic) bond motifs is 1. The maximum Gasteiger partial charge on any atom is 0.244 e. The van der Waals surface area contributed by atoms with E-state index in [1.807, 2.05) is 23.1 Å². The lowest BCUT2D eigenvalue weighted by atomic mass is 10.0. The highest BCUT2D eigenvalue weighted by atomic mass is 16.5. The number of para-hydroxylation sites is 1. The minimum atomic E-state index is -0.0934. The summed E-state index contributed by atoms with van der Waals surface area (Å²) in [6.07, 6.45) is 2.11. The van der Waals surface area contributed by atoms with Crippen LogP contribution in [0.4, 0.5) is 11.4 Å². The Bertz CT molecular complexity index is 813. The van der Waals surface area contributed by atoms with Crippen molar-refractivity contribution in [3.05, 3.63) is 54.1 Å². The molecular weight excluding hydrogens is 350 g/mol. The number of aryl methyl sites for hydroxylation is 1. The Morgan fingerprint density at radius 3 is 2.39 bits per heavy atom. The zero-order valence-corrected chi connectivity index (χ0v) is 16.8. The van der Waals surface area contributed by atoms with Gasteiger partial charge in [-0.05, 0) is 55.7 Å². The first-order chi connectivity index (χ1) is 13.7. The molecule has 2 aromatic carbocycles.